The fraction of sp³-hybridized carbons (Fsp3) is 0.263. The fourth-order valence-corrected chi connectivity index (χ4v) is 5.15. The minimum atomic E-state index is -0.421. The summed E-state index contributed by atoms with van der Waals surface area (Å²) in [5.41, 5.74) is 2.18. The average Bonchev–Trinajstić information content (AvgIpc) is 3.42. The van der Waals surface area contributed by atoms with Crippen LogP contribution in [0.5, 0.6) is 0 Å². The van der Waals surface area contributed by atoms with Crippen molar-refractivity contribution in [3.63, 3.8) is 0 Å². The molecular weight excluding hydrogens is 434 g/mol. The highest BCUT2D eigenvalue weighted by atomic mass is 35.5. The van der Waals surface area contributed by atoms with Crippen molar-refractivity contribution in [1.29, 1.82) is 0 Å². The first-order chi connectivity index (χ1) is 14.0. The SMILES string of the molecule is COC(=O)c1c(NC(=O)CSc2nnc(-c3cccc(Cl)c3)o2)sc2c1CCC2. The number of aryl methyl sites for hydroxylation is 1. The zero-order chi connectivity index (χ0) is 20.4. The zero-order valence-corrected chi connectivity index (χ0v) is 17.7. The number of carbonyl (C=O) groups is 2. The normalized spacial score (nSPS) is 12.6. The lowest BCUT2D eigenvalue weighted by Gasteiger charge is -2.06. The van der Waals surface area contributed by atoms with Gasteiger partial charge in [0, 0.05) is 15.5 Å². The molecular formula is C19H16ClN3O4S2. The lowest BCUT2D eigenvalue weighted by Crippen LogP contribution is -2.16. The van der Waals surface area contributed by atoms with Crippen LogP contribution in [0.3, 0.4) is 0 Å². The maximum Gasteiger partial charge on any atom is 0.341 e. The molecule has 10 heteroatoms. The van der Waals surface area contributed by atoms with Gasteiger partial charge in [-0.2, -0.15) is 0 Å². The predicted molar refractivity (Wildman–Crippen MR) is 112 cm³/mol. The highest BCUT2D eigenvalue weighted by Crippen LogP contribution is 2.39. The third-order valence-electron chi connectivity index (χ3n) is 4.37. The number of methoxy groups -OCH3 is 1. The lowest BCUT2D eigenvalue weighted by molar-refractivity contribution is -0.113. The molecule has 0 bridgehead atoms. The summed E-state index contributed by atoms with van der Waals surface area (Å²) < 4.78 is 10.5. The van der Waals surface area contributed by atoms with Crippen LogP contribution in [-0.2, 0) is 22.4 Å². The molecule has 7 nitrogen and oxygen atoms in total. The van der Waals surface area contributed by atoms with Crippen molar-refractivity contribution in [2.75, 3.05) is 18.2 Å². The van der Waals surface area contributed by atoms with Gasteiger partial charge in [0.2, 0.25) is 11.8 Å². The van der Waals surface area contributed by atoms with Gasteiger partial charge in [0.25, 0.3) is 5.22 Å². The van der Waals surface area contributed by atoms with E-state index >= 15 is 0 Å². The number of anilines is 1. The van der Waals surface area contributed by atoms with Gasteiger partial charge in [0.1, 0.15) is 5.00 Å². The number of esters is 1. The van der Waals surface area contributed by atoms with Crippen molar-refractivity contribution < 1.29 is 18.7 Å². The summed E-state index contributed by atoms with van der Waals surface area (Å²) in [5, 5.41) is 12.1. The monoisotopic (exact) mass is 449 g/mol. The van der Waals surface area contributed by atoms with Crippen LogP contribution in [0.15, 0.2) is 33.9 Å². The number of amides is 1. The van der Waals surface area contributed by atoms with Gasteiger partial charge >= 0.3 is 5.97 Å². The molecule has 1 aliphatic rings. The number of nitrogens with zero attached hydrogens (tertiary/aromatic N) is 2. The maximum atomic E-state index is 12.4. The van der Waals surface area contributed by atoms with Crippen LogP contribution in [0, 0.1) is 0 Å². The van der Waals surface area contributed by atoms with E-state index in [1.807, 2.05) is 6.07 Å². The van der Waals surface area contributed by atoms with Gasteiger partial charge in [0.05, 0.1) is 18.4 Å². The Morgan fingerprint density at radius 1 is 1.34 bits per heavy atom. The van der Waals surface area contributed by atoms with E-state index in [4.69, 9.17) is 20.8 Å². The number of nitrogens with one attached hydrogen (secondary N) is 1. The summed E-state index contributed by atoms with van der Waals surface area (Å²) in [4.78, 5) is 25.7. The van der Waals surface area contributed by atoms with Crippen molar-refractivity contribution in [1.82, 2.24) is 10.2 Å². The van der Waals surface area contributed by atoms with Crippen molar-refractivity contribution in [3.05, 3.63) is 45.3 Å². The van der Waals surface area contributed by atoms with E-state index in [0.29, 0.717) is 27.0 Å². The Labute approximate surface area is 179 Å². The number of ether oxygens (including phenoxy) is 1. The number of benzene rings is 1. The lowest BCUT2D eigenvalue weighted by atomic mass is 10.1. The molecule has 1 aromatic carbocycles. The molecule has 0 aliphatic heterocycles. The molecule has 0 fully saturated rings. The second-order valence-corrected chi connectivity index (χ2v) is 8.74. The molecule has 29 heavy (non-hydrogen) atoms. The van der Waals surface area contributed by atoms with Crippen LogP contribution in [-0.4, -0.2) is 34.9 Å². The number of fused-ring (bicyclic) bond motifs is 1. The second kappa shape index (κ2) is 8.56. The summed E-state index contributed by atoms with van der Waals surface area (Å²) in [6.45, 7) is 0. The number of hydrogen-bond donors (Lipinski definition) is 1. The van der Waals surface area contributed by atoms with Crippen molar-refractivity contribution in [2.45, 2.75) is 24.5 Å². The Balaban J connectivity index is 1.41. The molecule has 4 rings (SSSR count). The molecule has 0 spiro atoms. The molecule has 0 atom stereocenters. The first-order valence-electron chi connectivity index (χ1n) is 8.80. The molecule has 0 radical (unpaired) electrons. The maximum absolute atomic E-state index is 12.4. The van der Waals surface area contributed by atoms with Crippen molar-refractivity contribution in [2.24, 2.45) is 0 Å². The van der Waals surface area contributed by atoms with Crippen LogP contribution in [0.1, 0.15) is 27.2 Å². The number of aromatic nitrogens is 2. The molecule has 0 saturated carbocycles. The molecule has 0 saturated heterocycles. The van der Waals surface area contributed by atoms with Gasteiger partial charge in [-0.05, 0) is 43.0 Å². The molecule has 2 heterocycles. The predicted octanol–water partition coefficient (Wildman–Crippen LogP) is 4.46. The highest BCUT2D eigenvalue weighted by molar-refractivity contribution is 7.99. The van der Waals surface area contributed by atoms with Gasteiger partial charge in [-0.3, -0.25) is 4.79 Å². The largest absolute Gasteiger partial charge is 0.465 e. The van der Waals surface area contributed by atoms with E-state index in [1.165, 1.54) is 18.4 Å². The summed E-state index contributed by atoms with van der Waals surface area (Å²) >= 11 is 8.53. The van der Waals surface area contributed by atoms with Crippen molar-refractivity contribution in [3.8, 4) is 11.5 Å². The molecule has 1 N–H and O–H groups in total. The first kappa shape index (κ1) is 19.9. The van der Waals surface area contributed by atoms with Crippen LogP contribution >= 0.6 is 34.7 Å². The van der Waals surface area contributed by atoms with E-state index in [0.717, 1.165) is 41.5 Å². The number of rotatable bonds is 6. The minimum absolute atomic E-state index is 0.0698. The molecule has 3 aromatic rings. The van der Waals surface area contributed by atoms with E-state index in [-0.39, 0.29) is 16.9 Å². The summed E-state index contributed by atoms with van der Waals surface area (Å²) in [6.07, 6.45) is 2.76. The van der Waals surface area contributed by atoms with Gasteiger partial charge in [0.15, 0.2) is 0 Å². The summed E-state index contributed by atoms with van der Waals surface area (Å²) in [6, 6.07) is 7.08. The van der Waals surface area contributed by atoms with Crippen LogP contribution in [0.4, 0.5) is 5.00 Å². The first-order valence-corrected chi connectivity index (χ1v) is 11.0. The van der Waals surface area contributed by atoms with Gasteiger partial charge < -0.3 is 14.5 Å². The summed E-state index contributed by atoms with van der Waals surface area (Å²) in [5.74, 6) is -0.281. The smallest absolute Gasteiger partial charge is 0.341 e. The number of thioether (sulfide) groups is 1. The van der Waals surface area contributed by atoms with Gasteiger partial charge in [-0.15, -0.1) is 21.5 Å². The number of carbonyl (C=O) groups excluding carboxylic acids is 2. The average molecular weight is 450 g/mol. The van der Waals surface area contributed by atoms with E-state index in [2.05, 4.69) is 15.5 Å². The number of hydrogen-bond acceptors (Lipinski definition) is 8. The Morgan fingerprint density at radius 3 is 3.00 bits per heavy atom. The highest BCUT2D eigenvalue weighted by Gasteiger charge is 2.28. The summed E-state index contributed by atoms with van der Waals surface area (Å²) in [7, 11) is 1.34. The Hall–Kier alpha value is -2.36. The Bertz CT molecular complexity index is 1080. The van der Waals surface area contributed by atoms with Crippen LogP contribution in [0.2, 0.25) is 5.02 Å². The van der Waals surface area contributed by atoms with Crippen molar-refractivity contribution >= 4 is 51.6 Å². The second-order valence-electron chi connectivity index (χ2n) is 6.27. The third-order valence-corrected chi connectivity index (χ3v) is 6.63. The van der Waals surface area contributed by atoms with Gasteiger partial charge in [-0.25, -0.2) is 4.79 Å². The molecule has 150 valence electrons. The van der Waals surface area contributed by atoms with E-state index < -0.39 is 5.97 Å². The molecule has 1 aliphatic carbocycles. The van der Waals surface area contributed by atoms with E-state index in [9.17, 15) is 9.59 Å². The van der Waals surface area contributed by atoms with Gasteiger partial charge in [-0.1, -0.05) is 29.4 Å². The minimum Gasteiger partial charge on any atom is -0.465 e. The fourth-order valence-electron chi connectivity index (χ4n) is 3.11. The Morgan fingerprint density at radius 2 is 2.21 bits per heavy atom. The molecule has 2 aromatic heterocycles. The number of halogens is 1. The molecule has 0 unspecified atom stereocenters. The standard InChI is InChI=1S/C19H16ClN3O4S2/c1-26-18(25)15-12-6-3-7-13(12)29-17(15)21-14(24)9-28-19-23-22-16(27-19)10-4-2-5-11(20)8-10/h2,4-5,8H,3,6-7,9H2,1H3,(H,21,24). The zero-order valence-electron chi connectivity index (χ0n) is 15.4. The Kier molecular flexibility index (Phi) is 5.89. The van der Waals surface area contributed by atoms with E-state index in [1.54, 1.807) is 18.2 Å². The van der Waals surface area contributed by atoms with Crippen LogP contribution in [0.25, 0.3) is 11.5 Å². The quantitative estimate of drug-likeness (QED) is 0.438. The third kappa shape index (κ3) is 4.31. The number of thiophene rings is 1. The topological polar surface area (TPSA) is 94.3 Å². The van der Waals surface area contributed by atoms with Crippen LogP contribution < -0.4 is 5.32 Å². The molecule has 1 amide bonds.